The van der Waals surface area contributed by atoms with Crippen LogP contribution >= 0.6 is 0 Å². The van der Waals surface area contributed by atoms with Crippen LogP contribution in [0, 0.1) is 0 Å². The summed E-state index contributed by atoms with van der Waals surface area (Å²) in [5, 5.41) is 0. The summed E-state index contributed by atoms with van der Waals surface area (Å²) in [5.74, 6) is 2.61. The van der Waals surface area contributed by atoms with Crippen molar-refractivity contribution in [2.75, 3.05) is 13.2 Å². The van der Waals surface area contributed by atoms with E-state index in [1.807, 2.05) is 6.07 Å². The average Bonchev–Trinajstić information content (AvgIpc) is 3.23. The van der Waals surface area contributed by atoms with Crippen LogP contribution in [0.15, 0.2) is 60.9 Å². The first-order chi connectivity index (χ1) is 14.3. The molecule has 0 saturated heterocycles. The molecule has 0 spiro atoms. The van der Waals surface area contributed by atoms with Gasteiger partial charge in [-0.1, -0.05) is 43.2 Å². The van der Waals surface area contributed by atoms with Gasteiger partial charge in [-0.05, 0) is 53.6 Å². The molecule has 5 rings (SSSR count). The normalized spacial score (nSPS) is 17.5. The van der Waals surface area contributed by atoms with Crippen LogP contribution < -0.4 is 4.74 Å². The Hall–Kier alpha value is -2.72. The number of aromatic nitrogens is 2. The first kappa shape index (κ1) is 18.3. The van der Waals surface area contributed by atoms with Crippen LogP contribution in [0.5, 0.6) is 5.75 Å². The summed E-state index contributed by atoms with van der Waals surface area (Å²) in [5.41, 5.74) is 5.26. The highest BCUT2D eigenvalue weighted by atomic mass is 16.5. The van der Waals surface area contributed by atoms with Crippen molar-refractivity contribution in [1.29, 1.82) is 0 Å². The van der Waals surface area contributed by atoms with E-state index in [4.69, 9.17) is 4.74 Å². The van der Waals surface area contributed by atoms with Crippen molar-refractivity contribution < 1.29 is 4.74 Å². The number of rotatable bonds is 4. The molecule has 4 nitrogen and oxygen atoms in total. The van der Waals surface area contributed by atoms with Crippen LogP contribution in [0.1, 0.15) is 48.6 Å². The summed E-state index contributed by atoms with van der Waals surface area (Å²) in [4.78, 5) is 11.1. The lowest BCUT2D eigenvalue weighted by Crippen LogP contribution is -2.26. The molecule has 0 radical (unpaired) electrons. The van der Waals surface area contributed by atoms with Crippen molar-refractivity contribution in [3.8, 4) is 16.9 Å². The zero-order chi connectivity index (χ0) is 19.5. The highest BCUT2D eigenvalue weighted by Gasteiger charge is 2.18. The first-order valence-corrected chi connectivity index (χ1v) is 10.7. The Morgan fingerprint density at radius 2 is 1.69 bits per heavy atom. The Labute approximate surface area is 172 Å². The van der Waals surface area contributed by atoms with Crippen LogP contribution in [-0.4, -0.2) is 28.0 Å². The SMILES string of the molecule is c1cnc(CN2CCOc3ccc(-c4ccc(C5CCCC5)cc4)cc3C2)nc1. The highest BCUT2D eigenvalue weighted by molar-refractivity contribution is 5.66. The first-order valence-electron chi connectivity index (χ1n) is 10.7. The fraction of sp³-hybridized carbons (Fsp3) is 0.360. The smallest absolute Gasteiger partial charge is 0.142 e. The molecule has 1 saturated carbocycles. The molecule has 29 heavy (non-hydrogen) atoms. The lowest BCUT2D eigenvalue weighted by Gasteiger charge is -2.18. The number of benzene rings is 2. The lowest BCUT2D eigenvalue weighted by molar-refractivity contribution is 0.215. The minimum atomic E-state index is 0.690. The minimum Gasteiger partial charge on any atom is -0.492 e. The summed E-state index contributed by atoms with van der Waals surface area (Å²) >= 11 is 0. The standard InChI is InChI=1S/C25H27N3O/c1-2-5-19(4-1)20-6-8-21(9-7-20)22-10-11-24-23(16-22)17-28(14-15-29-24)18-25-26-12-3-13-27-25/h3,6-13,16,19H,1-2,4-5,14-15,17-18H2. The average molecular weight is 386 g/mol. The summed E-state index contributed by atoms with van der Waals surface area (Å²) in [6.45, 7) is 3.15. The maximum absolute atomic E-state index is 6.01. The largest absolute Gasteiger partial charge is 0.492 e. The Kier molecular flexibility index (Phi) is 5.27. The fourth-order valence-corrected chi connectivity index (χ4v) is 4.58. The monoisotopic (exact) mass is 385 g/mol. The van der Waals surface area contributed by atoms with Gasteiger partial charge < -0.3 is 4.74 Å². The molecule has 0 N–H and O–H groups in total. The number of hydrogen-bond donors (Lipinski definition) is 0. The second-order valence-electron chi connectivity index (χ2n) is 8.15. The summed E-state index contributed by atoms with van der Waals surface area (Å²) in [6.07, 6.45) is 9.05. The number of hydrogen-bond acceptors (Lipinski definition) is 4. The predicted molar refractivity (Wildman–Crippen MR) is 115 cm³/mol. The van der Waals surface area contributed by atoms with Gasteiger partial charge in [-0.3, -0.25) is 4.90 Å². The molecule has 4 heteroatoms. The third kappa shape index (κ3) is 4.18. The maximum atomic E-state index is 6.01. The Balaban J connectivity index is 1.35. The molecule has 0 unspecified atom stereocenters. The molecule has 0 bridgehead atoms. The van der Waals surface area contributed by atoms with E-state index in [2.05, 4.69) is 57.3 Å². The zero-order valence-electron chi connectivity index (χ0n) is 16.8. The molecule has 3 aromatic rings. The van der Waals surface area contributed by atoms with Gasteiger partial charge in [-0.25, -0.2) is 9.97 Å². The van der Waals surface area contributed by atoms with Gasteiger partial charge in [0.15, 0.2) is 0 Å². The quantitative estimate of drug-likeness (QED) is 0.619. The van der Waals surface area contributed by atoms with E-state index in [9.17, 15) is 0 Å². The van der Waals surface area contributed by atoms with Crippen molar-refractivity contribution in [1.82, 2.24) is 14.9 Å². The summed E-state index contributed by atoms with van der Waals surface area (Å²) < 4.78 is 6.01. The van der Waals surface area contributed by atoms with Crippen LogP contribution in [-0.2, 0) is 13.1 Å². The van der Waals surface area contributed by atoms with Gasteiger partial charge in [-0.2, -0.15) is 0 Å². The van der Waals surface area contributed by atoms with Gasteiger partial charge in [0.2, 0.25) is 0 Å². The molecular formula is C25H27N3O. The predicted octanol–water partition coefficient (Wildman–Crippen LogP) is 5.20. The molecule has 0 atom stereocenters. The zero-order valence-corrected chi connectivity index (χ0v) is 16.8. The Morgan fingerprint density at radius 1 is 0.931 bits per heavy atom. The van der Waals surface area contributed by atoms with Crippen LogP contribution in [0.3, 0.4) is 0 Å². The third-order valence-electron chi connectivity index (χ3n) is 6.17. The minimum absolute atomic E-state index is 0.690. The van der Waals surface area contributed by atoms with E-state index >= 15 is 0 Å². The van der Waals surface area contributed by atoms with E-state index in [0.717, 1.165) is 37.1 Å². The van der Waals surface area contributed by atoms with Gasteiger partial charge >= 0.3 is 0 Å². The van der Waals surface area contributed by atoms with Gasteiger partial charge in [0, 0.05) is 31.0 Å². The van der Waals surface area contributed by atoms with Gasteiger partial charge in [0.25, 0.3) is 0 Å². The molecule has 1 aliphatic carbocycles. The van der Waals surface area contributed by atoms with E-state index in [1.54, 1.807) is 12.4 Å². The number of fused-ring (bicyclic) bond motifs is 1. The van der Waals surface area contributed by atoms with E-state index in [1.165, 1.54) is 47.9 Å². The Bertz CT molecular complexity index is 950. The maximum Gasteiger partial charge on any atom is 0.142 e. The fourth-order valence-electron chi connectivity index (χ4n) is 4.58. The van der Waals surface area contributed by atoms with Crippen molar-refractivity contribution >= 4 is 0 Å². The molecule has 148 valence electrons. The summed E-state index contributed by atoms with van der Waals surface area (Å²) in [7, 11) is 0. The van der Waals surface area contributed by atoms with E-state index in [-0.39, 0.29) is 0 Å². The third-order valence-corrected chi connectivity index (χ3v) is 6.17. The van der Waals surface area contributed by atoms with Crippen LogP contribution in [0.25, 0.3) is 11.1 Å². The second kappa shape index (κ2) is 8.34. The number of ether oxygens (including phenoxy) is 1. The van der Waals surface area contributed by atoms with Crippen molar-refractivity contribution in [3.63, 3.8) is 0 Å². The van der Waals surface area contributed by atoms with Crippen molar-refractivity contribution in [2.24, 2.45) is 0 Å². The van der Waals surface area contributed by atoms with Crippen LogP contribution in [0.4, 0.5) is 0 Å². The molecule has 1 aromatic heterocycles. The van der Waals surface area contributed by atoms with E-state index in [0.29, 0.717) is 6.61 Å². The molecule has 2 heterocycles. The van der Waals surface area contributed by atoms with Gasteiger partial charge in [0.1, 0.15) is 18.2 Å². The van der Waals surface area contributed by atoms with Gasteiger partial charge in [-0.15, -0.1) is 0 Å². The topological polar surface area (TPSA) is 38.2 Å². The molecular weight excluding hydrogens is 358 g/mol. The number of nitrogens with zero attached hydrogens (tertiary/aromatic N) is 3. The van der Waals surface area contributed by atoms with Crippen molar-refractivity contribution in [3.05, 3.63) is 77.9 Å². The Morgan fingerprint density at radius 3 is 2.48 bits per heavy atom. The van der Waals surface area contributed by atoms with Gasteiger partial charge in [0.05, 0.1) is 6.54 Å². The highest BCUT2D eigenvalue weighted by Crippen LogP contribution is 2.35. The molecule has 1 fully saturated rings. The molecule has 1 aliphatic heterocycles. The molecule has 2 aromatic carbocycles. The van der Waals surface area contributed by atoms with E-state index < -0.39 is 0 Å². The van der Waals surface area contributed by atoms with Crippen LogP contribution in [0.2, 0.25) is 0 Å². The molecule has 2 aliphatic rings. The lowest BCUT2D eigenvalue weighted by atomic mass is 9.94. The second-order valence-corrected chi connectivity index (χ2v) is 8.15. The van der Waals surface area contributed by atoms with Crippen molar-refractivity contribution in [2.45, 2.75) is 44.7 Å². The summed E-state index contributed by atoms with van der Waals surface area (Å²) in [6, 6.07) is 17.7. The molecule has 0 amide bonds.